The molecule has 0 radical (unpaired) electrons. The van der Waals surface area contributed by atoms with E-state index in [2.05, 4.69) is 40.1 Å². The summed E-state index contributed by atoms with van der Waals surface area (Å²) in [6, 6.07) is 4.76. The normalized spacial score (nSPS) is 22.6. The van der Waals surface area contributed by atoms with Crippen LogP contribution in [0.3, 0.4) is 0 Å². The van der Waals surface area contributed by atoms with Gasteiger partial charge in [0.2, 0.25) is 0 Å². The summed E-state index contributed by atoms with van der Waals surface area (Å²) in [5.41, 5.74) is 2.28. The van der Waals surface area contributed by atoms with E-state index in [0.29, 0.717) is 6.04 Å². The molecule has 1 fully saturated rings. The van der Waals surface area contributed by atoms with E-state index in [1.807, 2.05) is 19.3 Å². The first-order valence-electron chi connectivity index (χ1n) is 6.24. The van der Waals surface area contributed by atoms with Crippen LogP contribution in [0.15, 0.2) is 18.3 Å². The van der Waals surface area contributed by atoms with Gasteiger partial charge in [-0.2, -0.15) is 0 Å². The predicted molar refractivity (Wildman–Crippen MR) is 71.2 cm³/mol. The first-order chi connectivity index (χ1) is 8.19. The number of pyridine rings is 1. The van der Waals surface area contributed by atoms with E-state index in [-0.39, 0.29) is 0 Å². The number of likely N-dealkylation sites (N-methyl/N-ethyl adjacent to an activating group) is 1. The molecular weight excluding hydrogens is 212 g/mol. The zero-order valence-electron chi connectivity index (χ0n) is 11.0. The van der Waals surface area contributed by atoms with Gasteiger partial charge < -0.3 is 10.2 Å². The fourth-order valence-electron chi connectivity index (χ4n) is 2.22. The topological polar surface area (TPSA) is 31.4 Å². The third kappa shape index (κ3) is 3.17. The summed E-state index contributed by atoms with van der Waals surface area (Å²) in [4.78, 5) is 9.32. The van der Waals surface area contributed by atoms with E-state index < -0.39 is 0 Å². The van der Waals surface area contributed by atoms with Crippen LogP contribution in [0, 0.1) is 0 Å². The fraction of sp³-hybridized carbons (Fsp3) is 0.615. The van der Waals surface area contributed by atoms with E-state index in [4.69, 9.17) is 0 Å². The van der Waals surface area contributed by atoms with Gasteiger partial charge in [0.15, 0.2) is 0 Å². The molecule has 1 unspecified atom stereocenters. The minimum atomic E-state index is 0.635. The number of piperazine rings is 1. The first-order valence-corrected chi connectivity index (χ1v) is 6.24. The molecule has 1 N–H and O–H groups in total. The van der Waals surface area contributed by atoms with Gasteiger partial charge in [0.1, 0.15) is 0 Å². The molecule has 0 amide bonds. The molecule has 1 saturated heterocycles. The Labute approximate surface area is 104 Å². The summed E-state index contributed by atoms with van der Waals surface area (Å²) in [6.45, 7) is 6.64. The van der Waals surface area contributed by atoms with E-state index in [1.165, 1.54) is 0 Å². The van der Waals surface area contributed by atoms with Crippen LogP contribution in [0.25, 0.3) is 0 Å². The van der Waals surface area contributed by atoms with Gasteiger partial charge in [-0.15, -0.1) is 0 Å². The Balaban J connectivity index is 1.96. The molecule has 1 aromatic heterocycles. The molecule has 2 rings (SSSR count). The second kappa shape index (κ2) is 5.47. The maximum Gasteiger partial charge on any atom is 0.0564 e. The number of hydrogen-bond donors (Lipinski definition) is 1. The van der Waals surface area contributed by atoms with Gasteiger partial charge in [-0.05, 0) is 26.1 Å². The monoisotopic (exact) mass is 234 g/mol. The molecule has 1 aromatic rings. The average Bonchev–Trinajstić information content (AvgIpc) is 2.34. The largest absolute Gasteiger partial charge is 0.388 e. The average molecular weight is 234 g/mol. The van der Waals surface area contributed by atoms with Crippen molar-refractivity contribution in [3.05, 3.63) is 24.0 Å². The maximum atomic E-state index is 4.43. The lowest BCUT2D eigenvalue weighted by molar-refractivity contribution is 0.0991. The molecule has 1 atom stereocenters. The molecule has 0 spiro atoms. The van der Waals surface area contributed by atoms with Crippen molar-refractivity contribution in [2.45, 2.75) is 19.5 Å². The number of aromatic nitrogens is 1. The molecule has 4 nitrogen and oxygen atoms in total. The van der Waals surface area contributed by atoms with Crippen molar-refractivity contribution in [3.8, 4) is 0 Å². The highest BCUT2D eigenvalue weighted by Gasteiger charge is 2.20. The van der Waals surface area contributed by atoms with Crippen LogP contribution >= 0.6 is 0 Å². The van der Waals surface area contributed by atoms with Gasteiger partial charge in [-0.25, -0.2) is 0 Å². The number of nitrogens with one attached hydrogen (secondary N) is 1. The van der Waals surface area contributed by atoms with Crippen LogP contribution in [-0.4, -0.2) is 54.6 Å². The molecule has 0 aliphatic carbocycles. The molecular formula is C13H22N4. The van der Waals surface area contributed by atoms with Crippen molar-refractivity contribution in [2.24, 2.45) is 0 Å². The van der Waals surface area contributed by atoms with Crippen molar-refractivity contribution in [1.29, 1.82) is 0 Å². The molecule has 2 heterocycles. The molecule has 0 saturated carbocycles. The summed E-state index contributed by atoms with van der Waals surface area (Å²) in [5, 5.41) is 3.15. The summed E-state index contributed by atoms with van der Waals surface area (Å²) >= 11 is 0. The molecule has 17 heavy (non-hydrogen) atoms. The fourth-order valence-corrected chi connectivity index (χ4v) is 2.22. The Morgan fingerprint density at radius 2 is 2.29 bits per heavy atom. The van der Waals surface area contributed by atoms with E-state index in [1.54, 1.807) is 0 Å². The smallest absolute Gasteiger partial charge is 0.0564 e. The Morgan fingerprint density at radius 1 is 1.47 bits per heavy atom. The Hall–Kier alpha value is -1.13. The Bertz CT molecular complexity index is 366. The van der Waals surface area contributed by atoms with Crippen molar-refractivity contribution in [2.75, 3.05) is 39.0 Å². The molecule has 0 aromatic carbocycles. The maximum absolute atomic E-state index is 4.43. The summed E-state index contributed by atoms with van der Waals surface area (Å²) in [5.74, 6) is 0. The molecule has 1 aliphatic rings. The van der Waals surface area contributed by atoms with Gasteiger partial charge in [0.05, 0.1) is 5.69 Å². The minimum absolute atomic E-state index is 0.635. The second-order valence-corrected chi connectivity index (χ2v) is 4.85. The highest BCUT2D eigenvalue weighted by molar-refractivity contribution is 5.42. The number of rotatable bonds is 3. The van der Waals surface area contributed by atoms with Gasteiger partial charge in [-0.3, -0.25) is 9.88 Å². The molecule has 94 valence electrons. The van der Waals surface area contributed by atoms with Crippen molar-refractivity contribution in [1.82, 2.24) is 14.8 Å². The Morgan fingerprint density at radius 3 is 3.00 bits per heavy atom. The number of nitrogens with zero attached hydrogens (tertiary/aromatic N) is 3. The third-order valence-electron chi connectivity index (χ3n) is 3.53. The highest BCUT2D eigenvalue weighted by Crippen LogP contribution is 2.12. The quantitative estimate of drug-likeness (QED) is 0.853. The zero-order valence-corrected chi connectivity index (χ0v) is 11.0. The predicted octanol–water partition coefficient (Wildman–Crippen LogP) is 1.26. The van der Waals surface area contributed by atoms with Crippen LogP contribution in [-0.2, 0) is 6.54 Å². The van der Waals surface area contributed by atoms with E-state index in [0.717, 1.165) is 37.6 Å². The van der Waals surface area contributed by atoms with Crippen molar-refractivity contribution in [3.63, 3.8) is 0 Å². The van der Waals surface area contributed by atoms with Gasteiger partial charge in [0.25, 0.3) is 0 Å². The van der Waals surface area contributed by atoms with Crippen molar-refractivity contribution >= 4 is 5.69 Å². The summed E-state index contributed by atoms with van der Waals surface area (Å²) < 4.78 is 0. The Kier molecular flexibility index (Phi) is 3.97. The molecule has 1 aliphatic heterocycles. The summed E-state index contributed by atoms with van der Waals surface area (Å²) in [6.07, 6.45) is 1.88. The van der Waals surface area contributed by atoms with Gasteiger partial charge in [0, 0.05) is 51.2 Å². The standard InChI is InChI=1S/C13H22N4/c1-11-9-17(7-6-16(11)3)10-13-8-12(14-2)4-5-15-13/h4-5,8,11H,6-7,9-10H2,1-3H3,(H,14,15). The second-order valence-electron chi connectivity index (χ2n) is 4.85. The van der Waals surface area contributed by atoms with Crippen LogP contribution in [0.1, 0.15) is 12.6 Å². The zero-order chi connectivity index (χ0) is 12.3. The molecule has 4 heteroatoms. The van der Waals surface area contributed by atoms with Crippen molar-refractivity contribution < 1.29 is 0 Å². The lowest BCUT2D eigenvalue weighted by atomic mass is 10.2. The van der Waals surface area contributed by atoms with Crippen LogP contribution in [0.4, 0.5) is 5.69 Å². The van der Waals surface area contributed by atoms with Gasteiger partial charge in [-0.1, -0.05) is 0 Å². The van der Waals surface area contributed by atoms with E-state index >= 15 is 0 Å². The third-order valence-corrected chi connectivity index (χ3v) is 3.53. The SMILES string of the molecule is CNc1ccnc(CN2CCN(C)C(C)C2)c1. The summed E-state index contributed by atoms with van der Waals surface area (Å²) in [7, 11) is 4.14. The first kappa shape index (κ1) is 12.3. The lowest BCUT2D eigenvalue weighted by Crippen LogP contribution is -2.49. The van der Waals surface area contributed by atoms with Crippen LogP contribution < -0.4 is 5.32 Å². The van der Waals surface area contributed by atoms with E-state index in [9.17, 15) is 0 Å². The van der Waals surface area contributed by atoms with Crippen LogP contribution in [0.2, 0.25) is 0 Å². The van der Waals surface area contributed by atoms with Gasteiger partial charge >= 0.3 is 0 Å². The number of hydrogen-bond acceptors (Lipinski definition) is 4. The van der Waals surface area contributed by atoms with Crippen LogP contribution in [0.5, 0.6) is 0 Å². The minimum Gasteiger partial charge on any atom is -0.388 e. The molecule has 0 bridgehead atoms. The highest BCUT2D eigenvalue weighted by atomic mass is 15.3. The number of anilines is 1. The lowest BCUT2D eigenvalue weighted by Gasteiger charge is -2.37.